The number of benzene rings is 2. The highest BCUT2D eigenvalue weighted by Gasteiger charge is 2.52. The molecular formula is C50H66O32. The van der Waals surface area contributed by atoms with Crippen LogP contribution in [0, 0.1) is 0 Å². The molecule has 6 heterocycles. The summed E-state index contributed by atoms with van der Waals surface area (Å²) in [5.41, 5.74) is 0.265. The second-order valence-corrected chi connectivity index (χ2v) is 19.7. The largest absolute Gasteiger partial charge is 0.504 e. The first-order chi connectivity index (χ1) is 39.0. The number of rotatable bonds is 19. The lowest BCUT2D eigenvalue weighted by atomic mass is 9.97. The molecule has 6 fully saturated rings. The number of phenols is 2. The summed E-state index contributed by atoms with van der Waals surface area (Å²) in [6.45, 7) is -3.08. The molecule has 0 aromatic heterocycles. The molecule has 32 nitrogen and oxygen atoms in total. The molecule has 16 N–H and O–H groups in total. The second-order valence-electron chi connectivity index (χ2n) is 19.7. The number of aromatic hydroxyl groups is 2. The Morgan fingerprint density at radius 2 is 0.841 bits per heavy atom. The Morgan fingerprint density at radius 3 is 1.21 bits per heavy atom. The van der Waals surface area contributed by atoms with Crippen LogP contribution in [0.3, 0.4) is 0 Å². The third-order valence-corrected chi connectivity index (χ3v) is 14.1. The Labute approximate surface area is 464 Å². The molecule has 0 aliphatic carbocycles. The van der Waals surface area contributed by atoms with Crippen molar-refractivity contribution in [2.45, 2.75) is 148 Å². The third-order valence-electron chi connectivity index (χ3n) is 14.1. The minimum Gasteiger partial charge on any atom is -0.504 e. The Bertz CT molecular complexity index is 2360. The van der Waals surface area contributed by atoms with E-state index in [-0.39, 0.29) is 33.8 Å². The summed E-state index contributed by atoms with van der Waals surface area (Å²) >= 11 is 0. The van der Waals surface area contributed by atoms with Crippen LogP contribution in [0.5, 0.6) is 23.0 Å². The summed E-state index contributed by atoms with van der Waals surface area (Å²) in [7, 11) is 2.46. The van der Waals surface area contributed by atoms with E-state index < -0.39 is 211 Å². The van der Waals surface area contributed by atoms with Gasteiger partial charge in [0.05, 0.1) is 40.6 Å². The van der Waals surface area contributed by atoms with Crippen LogP contribution in [0.15, 0.2) is 36.4 Å². The van der Waals surface area contributed by atoms with E-state index in [1.165, 1.54) is 50.6 Å². The maximum absolute atomic E-state index is 13.0. The van der Waals surface area contributed by atoms with Gasteiger partial charge in [-0.3, -0.25) is 0 Å². The lowest BCUT2D eigenvalue weighted by Gasteiger charge is -2.42. The van der Waals surface area contributed by atoms with Crippen molar-refractivity contribution in [1.29, 1.82) is 0 Å². The van der Waals surface area contributed by atoms with E-state index in [1.54, 1.807) is 0 Å². The molecule has 458 valence electrons. The average molecular weight is 1180 g/mol. The van der Waals surface area contributed by atoms with Crippen LogP contribution >= 0.6 is 0 Å². The highest BCUT2D eigenvalue weighted by Crippen LogP contribution is 2.46. The molecule has 8 rings (SSSR count). The van der Waals surface area contributed by atoms with Crippen LogP contribution in [0.4, 0.5) is 0 Å². The van der Waals surface area contributed by atoms with Gasteiger partial charge in [-0.05, 0) is 47.5 Å². The van der Waals surface area contributed by atoms with Crippen molar-refractivity contribution in [3.63, 3.8) is 0 Å². The van der Waals surface area contributed by atoms with E-state index in [4.69, 9.17) is 66.3 Å². The highest BCUT2D eigenvalue weighted by atomic mass is 16.8. The van der Waals surface area contributed by atoms with Gasteiger partial charge in [0.15, 0.2) is 60.7 Å². The van der Waals surface area contributed by atoms with Crippen molar-refractivity contribution < 1.29 is 158 Å². The maximum atomic E-state index is 13.0. The van der Waals surface area contributed by atoms with Crippen molar-refractivity contribution in [3.8, 4) is 34.1 Å². The van der Waals surface area contributed by atoms with E-state index in [1.807, 2.05) is 0 Å². The number of esters is 2. The van der Waals surface area contributed by atoms with Gasteiger partial charge in [0.2, 0.25) is 0 Å². The number of carbonyl (C=O) groups excluding carboxylic acids is 2. The molecular weight excluding hydrogens is 1110 g/mol. The topological polar surface area (TPSA) is 487 Å². The van der Waals surface area contributed by atoms with Gasteiger partial charge in [0, 0.05) is 23.3 Å². The molecule has 82 heavy (non-hydrogen) atoms. The fourth-order valence-electron chi connectivity index (χ4n) is 9.43. The molecule has 0 bridgehead atoms. The normalized spacial score (nSPS) is 39.9. The summed E-state index contributed by atoms with van der Waals surface area (Å²) in [6, 6.07) is 5.35. The highest BCUT2D eigenvalue weighted by molar-refractivity contribution is 5.90. The molecule has 2 aromatic carbocycles. The van der Waals surface area contributed by atoms with Crippen molar-refractivity contribution in [1.82, 2.24) is 0 Å². The van der Waals surface area contributed by atoms with Crippen molar-refractivity contribution >= 4 is 24.1 Å². The first-order valence-electron chi connectivity index (χ1n) is 25.4. The van der Waals surface area contributed by atoms with Crippen molar-refractivity contribution in [2.75, 3.05) is 53.9 Å². The van der Waals surface area contributed by atoms with Gasteiger partial charge < -0.3 is 148 Å². The van der Waals surface area contributed by atoms with Crippen molar-refractivity contribution in [3.05, 3.63) is 47.5 Å². The first-order valence-corrected chi connectivity index (χ1v) is 25.4. The monoisotopic (exact) mass is 1180 g/mol. The summed E-state index contributed by atoms with van der Waals surface area (Å²) in [4.78, 5) is 26.0. The van der Waals surface area contributed by atoms with Gasteiger partial charge in [-0.15, -0.1) is 0 Å². The summed E-state index contributed by atoms with van der Waals surface area (Å²) in [5.74, 6) is -3.21. The maximum Gasteiger partial charge on any atom is 0.330 e. The summed E-state index contributed by atoms with van der Waals surface area (Å²) in [6.07, 6.45) is -34.5. The Balaban J connectivity index is 0.850. The van der Waals surface area contributed by atoms with Crippen LogP contribution in [0.2, 0.25) is 0 Å². The summed E-state index contributed by atoms with van der Waals surface area (Å²) in [5, 5.41) is 168. The number of phenolic OH excluding ortho intramolecular Hbond substituents is 2. The first kappa shape index (κ1) is 63.1. The molecule has 0 radical (unpaired) electrons. The summed E-state index contributed by atoms with van der Waals surface area (Å²) < 4.78 is 75.2. The molecule has 0 saturated carbocycles. The van der Waals surface area contributed by atoms with Gasteiger partial charge in [0.25, 0.3) is 0 Å². The quantitative estimate of drug-likeness (QED) is 0.0459. The average Bonchev–Trinajstić information content (AvgIpc) is 4.05. The molecule has 6 saturated heterocycles. The second kappa shape index (κ2) is 27.4. The Morgan fingerprint density at radius 1 is 0.463 bits per heavy atom. The van der Waals surface area contributed by atoms with Gasteiger partial charge >= 0.3 is 11.9 Å². The van der Waals surface area contributed by atoms with Gasteiger partial charge in [-0.1, -0.05) is 0 Å². The zero-order chi connectivity index (χ0) is 59.4. The zero-order valence-electron chi connectivity index (χ0n) is 43.4. The third kappa shape index (κ3) is 14.1. The number of aliphatic hydroxyl groups excluding tert-OH is 14. The fourth-order valence-corrected chi connectivity index (χ4v) is 9.43. The molecule has 24 atom stereocenters. The van der Waals surface area contributed by atoms with E-state index >= 15 is 0 Å². The minimum atomic E-state index is -1.80. The molecule has 2 aromatic rings. The van der Waals surface area contributed by atoms with Gasteiger partial charge in [0.1, 0.15) is 123 Å². The van der Waals surface area contributed by atoms with Crippen LogP contribution in [-0.2, 0) is 66.4 Å². The van der Waals surface area contributed by atoms with Crippen LogP contribution in [0.25, 0.3) is 23.3 Å². The minimum absolute atomic E-state index is 0.0647. The van der Waals surface area contributed by atoms with Crippen LogP contribution in [0.1, 0.15) is 11.1 Å². The SMILES string of the molecule is COc1cc(C=CC(=O)OC[C@@H]2O[C@@H](O[C@@H]3[C@@H](O)[C@H](O[C@@H]4CO[C@H](O)[C@H](O)[C@H]4O)OC[C@H]3O)[C@H](O)[C@H]2O)cc(-c2cc(C=CC(=O)OC[C@@H]3O[C@@H](O[C@@H]4[C@@H](O)[C@H](O[C@@H]5CO[C@H](O)[C@H](O)[C@H]5O)OC[C@H]4O)[C@H](O)[C@H]3O)cc(OC)c2O)c1O. The lowest BCUT2D eigenvalue weighted by Crippen LogP contribution is -2.60. The van der Waals surface area contributed by atoms with Crippen LogP contribution in [-0.4, -0.2) is 295 Å². The molecule has 6 aliphatic rings. The van der Waals surface area contributed by atoms with E-state index in [2.05, 4.69) is 0 Å². The van der Waals surface area contributed by atoms with Gasteiger partial charge in [-0.25, -0.2) is 9.59 Å². The molecule has 0 amide bonds. The fraction of sp³-hybridized carbons (Fsp3) is 0.640. The van der Waals surface area contributed by atoms with E-state index in [9.17, 15) is 91.3 Å². The van der Waals surface area contributed by atoms with Crippen molar-refractivity contribution in [2.24, 2.45) is 0 Å². The van der Waals surface area contributed by atoms with Crippen LogP contribution < -0.4 is 9.47 Å². The predicted octanol–water partition coefficient (Wildman–Crippen LogP) is -7.37. The molecule has 32 heteroatoms. The van der Waals surface area contributed by atoms with E-state index in [0.717, 1.165) is 12.2 Å². The predicted molar refractivity (Wildman–Crippen MR) is 261 cm³/mol. The number of carbonyl (C=O) groups is 2. The molecule has 0 unspecified atom stereocenters. The van der Waals surface area contributed by atoms with E-state index in [0.29, 0.717) is 0 Å². The molecule has 0 spiro atoms. The number of hydrogen-bond donors (Lipinski definition) is 16. The standard InChI is InChI=1S/C50H66O32/c1-69-23-9-17(3-5-29(53)71-13-25-35(59)39(63)49(79-25)81-43-21(51)11-75-47(41(43)65)77-27-15-73-45(67)37(61)33(27)57)7-19(31(23)55)20-8-18(10-24(70-2)32(20)56)4-6-30(54)72-14-26-36(60)40(64)50(80-26)82-44-22(52)12-76-48(42(44)66)78-28-16-74-46(68)38(62)34(28)58/h3-10,21-22,25-28,33-52,55-68H,11-16H2,1-2H3/t21-,22-,25+,26+,27-,28-,33+,34+,35+,36+,37-,38-,39-,40-,41-,42-,43+,44+,45+,46+,47+,48+,49+,50+/m1/s1. The molecule has 6 aliphatic heterocycles. The Hall–Kier alpha value is -4.90. The number of methoxy groups -OCH3 is 2. The number of aliphatic hydroxyl groups is 14. The lowest BCUT2D eigenvalue weighted by molar-refractivity contribution is -0.338. The van der Waals surface area contributed by atoms with Gasteiger partial charge in [-0.2, -0.15) is 0 Å². The zero-order valence-corrected chi connectivity index (χ0v) is 43.4. The Kier molecular flexibility index (Phi) is 21.1. The number of hydrogen-bond acceptors (Lipinski definition) is 32. The number of ether oxygens (including phenoxy) is 14. The smallest absolute Gasteiger partial charge is 0.330 e.